The van der Waals surface area contributed by atoms with Gasteiger partial charge in [0.2, 0.25) is 0 Å². The molecule has 2 atom stereocenters. The third-order valence-electron chi connectivity index (χ3n) is 6.75. The van der Waals surface area contributed by atoms with E-state index in [1.165, 1.54) is 16.2 Å². The Balaban J connectivity index is 1.53. The summed E-state index contributed by atoms with van der Waals surface area (Å²) in [6.07, 6.45) is 0.773. The van der Waals surface area contributed by atoms with E-state index in [-0.39, 0.29) is 17.4 Å². The number of hydrogen-bond donors (Lipinski definition) is 1. The van der Waals surface area contributed by atoms with Crippen LogP contribution >= 0.6 is 11.3 Å². The molecule has 1 aromatic heterocycles. The monoisotopic (exact) mass is 496 g/mol. The summed E-state index contributed by atoms with van der Waals surface area (Å²) in [7, 11) is 0. The number of benzene rings is 3. The maximum atomic E-state index is 13.5. The standard InChI is InChI=1S/C29H24N2O4S/c1-15-4-7-18(8-5-15)25-24(26(32)19-9-11-22-20(14-19)13-17(3)35-22)27(33)28(34)31(25)29-30-21-10-6-16(2)12-23(21)36-29/h4-12,14,17,25,32H,13H2,1-3H3/t17-,25+/m0/s1. The van der Waals surface area contributed by atoms with Gasteiger partial charge in [0, 0.05) is 12.0 Å². The number of anilines is 1. The molecule has 0 unspecified atom stereocenters. The summed E-state index contributed by atoms with van der Waals surface area (Å²) < 4.78 is 6.72. The number of aliphatic hydroxyl groups excluding tert-OH is 1. The van der Waals surface area contributed by atoms with Crippen LogP contribution in [0.15, 0.2) is 66.2 Å². The molecular formula is C29H24N2O4S. The molecule has 2 aliphatic heterocycles. The first-order valence-electron chi connectivity index (χ1n) is 11.8. The van der Waals surface area contributed by atoms with Crippen LogP contribution in [0.4, 0.5) is 5.13 Å². The van der Waals surface area contributed by atoms with Crippen LogP contribution in [0.3, 0.4) is 0 Å². The van der Waals surface area contributed by atoms with Gasteiger partial charge in [0.1, 0.15) is 17.6 Å². The number of rotatable bonds is 3. The second-order valence-corrected chi connectivity index (χ2v) is 10.5. The van der Waals surface area contributed by atoms with Crippen LogP contribution < -0.4 is 9.64 Å². The molecule has 4 aromatic rings. The maximum absolute atomic E-state index is 13.5. The zero-order chi connectivity index (χ0) is 25.1. The average molecular weight is 497 g/mol. The lowest BCUT2D eigenvalue weighted by atomic mass is 9.94. The summed E-state index contributed by atoms with van der Waals surface area (Å²) in [6.45, 7) is 5.96. The summed E-state index contributed by atoms with van der Waals surface area (Å²) in [4.78, 5) is 33.0. The minimum absolute atomic E-state index is 0.0539. The summed E-state index contributed by atoms with van der Waals surface area (Å²) >= 11 is 1.36. The molecule has 1 saturated heterocycles. The summed E-state index contributed by atoms with van der Waals surface area (Å²) in [5.41, 5.74) is 5.15. The predicted octanol–water partition coefficient (Wildman–Crippen LogP) is 5.86. The van der Waals surface area contributed by atoms with Gasteiger partial charge in [-0.2, -0.15) is 0 Å². The van der Waals surface area contributed by atoms with Crippen molar-refractivity contribution in [2.24, 2.45) is 0 Å². The molecule has 0 radical (unpaired) electrons. The fraction of sp³-hybridized carbons (Fsp3) is 0.207. The number of aliphatic hydroxyl groups is 1. The predicted molar refractivity (Wildman–Crippen MR) is 141 cm³/mol. The van der Waals surface area contributed by atoms with E-state index in [2.05, 4.69) is 4.98 Å². The van der Waals surface area contributed by atoms with Crippen molar-refractivity contribution in [2.45, 2.75) is 39.3 Å². The molecule has 1 N–H and O–H groups in total. The Kier molecular flexibility index (Phi) is 5.19. The first kappa shape index (κ1) is 22.5. The molecule has 7 heteroatoms. The Bertz CT molecular complexity index is 1580. The Morgan fingerprint density at radius 1 is 1.03 bits per heavy atom. The summed E-state index contributed by atoms with van der Waals surface area (Å²) in [6, 6.07) is 18.1. The second-order valence-electron chi connectivity index (χ2n) is 9.50. The fourth-order valence-electron chi connectivity index (χ4n) is 4.94. The highest BCUT2D eigenvalue weighted by Gasteiger charge is 2.48. The van der Waals surface area contributed by atoms with Gasteiger partial charge < -0.3 is 9.84 Å². The van der Waals surface area contributed by atoms with Crippen LogP contribution in [0.2, 0.25) is 0 Å². The van der Waals surface area contributed by atoms with Crippen LogP contribution in [0, 0.1) is 13.8 Å². The van der Waals surface area contributed by atoms with E-state index in [0.717, 1.165) is 44.6 Å². The smallest absolute Gasteiger partial charge is 0.301 e. The van der Waals surface area contributed by atoms with Gasteiger partial charge in [-0.25, -0.2) is 4.98 Å². The molecule has 36 heavy (non-hydrogen) atoms. The number of Topliss-reactive ketones (excluding diaryl/α,β-unsaturated/α-hetero) is 1. The first-order valence-corrected chi connectivity index (χ1v) is 12.7. The summed E-state index contributed by atoms with van der Waals surface area (Å²) in [5, 5.41) is 11.9. The van der Waals surface area contributed by atoms with Crippen molar-refractivity contribution in [3.63, 3.8) is 0 Å². The Labute approximate surface area is 212 Å². The third-order valence-corrected chi connectivity index (χ3v) is 7.76. The number of ether oxygens (including phenoxy) is 1. The van der Waals surface area contributed by atoms with Crippen molar-refractivity contribution < 1.29 is 19.4 Å². The van der Waals surface area contributed by atoms with Gasteiger partial charge in [0.15, 0.2) is 5.13 Å². The van der Waals surface area contributed by atoms with Gasteiger partial charge in [0.25, 0.3) is 5.78 Å². The first-order chi connectivity index (χ1) is 17.3. The van der Waals surface area contributed by atoms with Gasteiger partial charge in [-0.15, -0.1) is 0 Å². The van der Waals surface area contributed by atoms with Crippen molar-refractivity contribution in [3.8, 4) is 5.75 Å². The molecular weight excluding hydrogens is 472 g/mol. The number of carbonyl (C=O) groups is 2. The number of amides is 1. The van der Waals surface area contributed by atoms with Crippen LogP contribution in [-0.4, -0.2) is 27.9 Å². The molecule has 0 aliphatic carbocycles. The topological polar surface area (TPSA) is 79.7 Å². The van der Waals surface area contributed by atoms with Crippen LogP contribution in [0.5, 0.6) is 5.75 Å². The van der Waals surface area contributed by atoms with Crippen LogP contribution in [0.1, 0.15) is 40.8 Å². The number of nitrogens with zero attached hydrogens (tertiary/aromatic N) is 2. The zero-order valence-electron chi connectivity index (χ0n) is 20.1. The van der Waals surface area contributed by atoms with Crippen molar-refractivity contribution in [1.29, 1.82) is 0 Å². The van der Waals surface area contributed by atoms with Crippen molar-refractivity contribution in [1.82, 2.24) is 4.98 Å². The minimum atomic E-state index is -0.796. The van der Waals surface area contributed by atoms with E-state index in [4.69, 9.17) is 4.74 Å². The highest BCUT2D eigenvalue weighted by atomic mass is 32.1. The highest BCUT2D eigenvalue weighted by molar-refractivity contribution is 7.22. The molecule has 3 heterocycles. The number of aromatic nitrogens is 1. The maximum Gasteiger partial charge on any atom is 0.301 e. The molecule has 1 fully saturated rings. The molecule has 6 nitrogen and oxygen atoms in total. The van der Waals surface area contributed by atoms with Gasteiger partial charge >= 0.3 is 5.91 Å². The molecule has 180 valence electrons. The SMILES string of the molecule is Cc1ccc([C@@H]2C(=C(O)c3ccc4c(c3)C[C@H](C)O4)C(=O)C(=O)N2c2nc3ccc(C)cc3s2)cc1. The molecule has 0 spiro atoms. The normalized spacial score (nSPS) is 20.7. The van der Waals surface area contributed by atoms with E-state index in [1.54, 1.807) is 12.1 Å². The van der Waals surface area contributed by atoms with Crippen LogP contribution in [-0.2, 0) is 16.0 Å². The molecule has 1 amide bonds. The van der Waals surface area contributed by atoms with E-state index in [9.17, 15) is 14.7 Å². The van der Waals surface area contributed by atoms with E-state index in [1.807, 2.05) is 69.3 Å². The lowest BCUT2D eigenvalue weighted by Gasteiger charge is -2.23. The van der Waals surface area contributed by atoms with Crippen LogP contribution in [0.25, 0.3) is 16.0 Å². The molecule has 0 bridgehead atoms. The zero-order valence-corrected chi connectivity index (χ0v) is 20.9. The van der Waals surface area contributed by atoms with Crippen molar-refractivity contribution >= 4 is 44.1 Å². The van der Waals surface area contributed by atoms with Gasteiger partial charge in [0.05, 0.1) is 21.8 Å². The lowest BCUT2D eigenvalue weighted by Crippen LogP contribution is -2.29. The Hall–Kier alpha value is -3.97. The van der Waals surface area contributed by atoms with Crippen molar-refractivity contribution in [2.75, 3.05) is 4.90 Å². The van der Waals surface area contributed by atoms with E-state index in [0.29, 0.717) is 10.7 Å². The number of ketones is 1. The largest absolute Gasteiger partial charge is 0.507 e. The Morgan fingerprint density at radius 2 is 1.78 bits per heavy atom. The molecule has 6 rings (SSSR count). The molecule has 0 saturated carbocycles. The number of aryl methyl sites for hydroxylation is 2. The highest BCUT2D eigenvalue weighted by Crippen LogP contribution is 2.45. The number of thiazole rings is 1. The van der Waals surface area contributed by atoms with E-state index < -0.39 is 17.7 Å². The third kappa shape index (κ3) is 3.58. The van der Waals surface area contributed by atoms with Gasteiger partial charge in [-0.3, -0.25) is 14.5 Å². The van der Waals surface area contributed by atoms with Gasteiger partial charge in [-0.1, -0.05) is 47.2 Å². The number of carbonyl (C=O) groups excluding carboxylic acids is 2. The minimum Gasteiger partial charge on any atom is -0.507 e. The fourth-order valence-corrected chi connectivity index (χ4v) is 6.03. The lowest BCUT2D eigenvalue weighted by molar-refractivity contribution is -0.132. The number of hydrogen-bond acceptors (Lipinski definition) is 6. The quantitative estimate of drug-likeness (QED) is 0.218. The van der Waals surface area contributed by atoms with Crippen molar-refractivity contribution in [3.05, 3.63) is 94.1 Å². The second kappa shape index (κ2) is 8.31. The average Bonchev–Trinajstić information content (AvgIpc) is 3.51. The number of fused-ring (bicyclic) bond motifs is 2. The van der Waals surface area contributed by atoms with Gasteiger partial charge in [-0.05, 0) is 67.8 Å². The summed E-state index contributed by atoms with van der Waals surface area (Å²) in [5.74, 6) is -0.838. The molecule has 2 aliphatic rings. The Morgan fingerprint density at radius 3 is 2.56 bits per heavy atom. The van der Waals surface area contributed by atoms with E-state index >= 15 is 0 Å². The molecule has 3 aromatic carbocycles.